The highest BCUT2D eigenvalue weighted by Gasteiger charge is 2.30. The van der Waals surface area contributed by atoms with E-state index in [0.717, 1.165) is 5.56 Å². The molecular formula is C24H37FN2O2. The molecule has 2 aromatic rings. The first-order valence-electron chi connectivity index (χ1n) is 10.5. The fourth-order valence-electron chi connectivity index (χ4n) is 3.04. The van der Waals surface area contributed by atoms with Crippen LogP contribution in [0.1, 0.15) is 80.2 Å². The van der Waals surface area contributed by atoms with Gasteiger partial charge in [0.05, 0.1) is 11.6 Å². The van der Waals surface area contributed by atoms with Crippen LogP contribution in [0.4, 0.5) is 4.39 Å². The third-order valence-electron chi connectivity index (χ3n) is 4.92. The van der Waals surface area contributed by atoms with Crippen molar-refractivity contribution in [2.24, 2.45) is 5.41 Å². The van der Waals surface area contributed by atoms with E-state index in [0.29, 0.717) is 18.1 Å². The Hall–Kier alpha value is -2.04. The van der Waals surface area contributed by atoms with Crippen LogP contribution in [0.5, 0.6) is 11.6 Å². The third kappa shape index (κ3) is 6.76. The molecule has 29 heavy (non-hydrogen) atoms. The zero-order valence-electron chi connectivity index (χ0n) is 19.4. The Morgan fingerprint density at radius 1 is 1.00 bits per heavy atom. The summed E-state index contributed by atoms with van der Waals surface area (Å²) >= 11 is 0. The van der Waals surface area contributed by atoms with Crippen molar-refractivity contribution in [3.63, 3.8) is 0 Å². The molecule has 0 bridgehead atoms. The third-order valence-corrected chi connectivity index (χ3v) is 4.92. The normalized spacial score (nSPS) is 14.7. The van der Waals surface area contributed by atoms with E-state index in [4.69, 9.17) is 9.47 Å². The van der Waals surface area contributed by atoms with Gasteiger partial charge in [-0.2, -0.15) is 0 Å². The predicted molar refractivity (Wildman–Crippen MR) is 116 cm³/mol. The topological polar surface area (TPSA) is 36.3 Å². The van der Waals surface area contributed by atoms with Gasteiger partial charge < -0.3 is 9.47 Å². The highest BCUT2D eigenvalue weighted by molar-refractivity contribution is 5.31. The molecule has 4 nitrogen and oxygen atoms in total. The van der Waals surface area contributed by atoms with E-state index in [9.17, 15) is 4.39 Å². The average Bonchev–Trinajstić information content (AvgIpc) is 3.01. The number of hydrogen-bond donors (Lipinski definition) is 0. The van der Waals surface area contributed by atoms with Crippen LogP contribution in [0.15, 0.2) is 30.5 Å². The van der Waals surface area contributed by atoms with Crippen LogP contribution in [-0.4, -0.2) is 22.0 Å². The quantitative estimate of drug-likeness (QED) is 0.525. The summed E-state index contributed by atoms with van der Waals surface area (Å²) in [6.45, 7) is 18.8. The molecule has 2 unspecified atom stereocenters. The lowest BCUT2D eigenvalue weighted by Gasteiger charge is -2.32. The van der Waals surface area contributed by atoms with Crippen molar-refractivity contribution in [3.8, 4) is 11.6 Å². The Kier molecular flexibility index (Phi) is 7.02. The number of ether oxygens (including phenoxy) is 2. The maximum atomic E-state index is 14.0. The second kappa shape index (κ2) is 8.76. The molecule has 0 N–H and O–H groups in total. The Morgan fingerprint density at radius 3 is 2.17 bits per heavy atom. The molecule has 5 heteroatoms. The van der Waals surface area contributed by atoms with Gasteiger partial charge in [0.2, 0.25) is 5.88 Å². The molecule has 2 atom stereocenters. The van der Waals surface area contributed by atoms with Gasteiger partial charge in [0.15, 0.2) is 0 Å². The molecule has 0 aliphatic heterocycles. The molecule has 0 amide bonds. The first-order chi connectivity index (χ1) is 13.3. The second-order valence-corrected chi connectivity index (χ2v) is 10.3. The highest BCUT2D eigenvalue weighted by Crippen LogP contribution is 2.30. The van der Waals surface area contributed by atoms with Gasteiger partial charge >= 0.3 is 0 Å². The number of rotatable bonds is 7. The van der Waals surface area contributed by atoms with Gasteiger partial charge in [0.25, 0.3) is 0 Å². The summed E-state index contributed by atoms with van der Waals surface area (Å²) in [5.74, 6) is 1.15. The minimum Gasteiger partial charge on any atom is -0.490 e. The maximum absolute atomic E-state index is 14.0. The van der Waals surface area contributed by atoms with E-state index < -0.39 is 0 Å². The van der Waals surface area contributed by atoms with Crippen molar-refractivity contribution in [1.82, 2.24) is 9.78 Å². The van der Waals surface area contributed by atoms with Crippen molar-refractivity contribution >= 4 is 0 Å². The molecule has 0 saturated carbocycles. The van der Waals surface area contributed by atoms with E-state index in [1.54, 1.807) is 6.07 Å². The number of hydrogen-bond acceptors (Lipinski definition) is 3. The summed E-state index contributed by atoms with van der Waals surface area (Å²) in [5.41, 5.74) is 0.734. The number of halogens is 1. The fourth-order valence-corrected chi connectivity index (χ4v) is 3.04. The van der Waals surface area contributed by atoms with Crippen LogP contribution in [0.3, 0.4) is 0 Å². The van der Waals surface area contributed by atoms with Crippen molar-refractivity contribution in [2.75, 3.05) is 0 Å². The van der Waals surface area contributed by atoms with Crippen molar-refractivity contribution in [1.29, 1.82) is 0 Å². The fraction of sp³-hybridized carbons (Fsp3) is 0.625. The second-order valence-electron chi connectivity index (χ2n) is 10.3. The van der Waals surface area contributed by atoms with E-state index in [1.807, 2.05) is 43.8 Å². The van der Waals surface area contributed by atoms with Gasteiger partial charge in [-0.25, -0.2) is 4.39 Å². The van der Waals surface area contributed by atoms with Crippen LogP contribution in [0, 0.1) is 11.2 Å². The molecule has 0 radical (unpaired) electrons. The van der Waals surface area contributed by atoms with Crippen LogP contribution in [0.2, 0.25) is 0 Å². The molecule has 2 rings (SSSR count). The van der Waals surface area contributed by atoms with Crippen molar-refractivity contribution in [3.05, 3.63) is 41.8 Å². The van der Waals surface area contributed by atoms with Gasteiger partial charge in [-0.1, -0.05) is 34.6 Å². The Balaban J connectivity index is 2.11. The molecule has 1 heterocycles. The zero-order valence-corrected chi connectivity index (χ0v) is 19.4. The van der Waals surface area contributed by atoms with E-state index >= 15 is 0 Å². The molecule has 0 saturated heterocycles. The summed E-state index contributed by atoms with van der Waals surface area (Å²) in [6, 6.07) is 6.83. The van der Waals surface area contributed by atoms with Gasteiger partial charge in [0.1, 0.15) is 17.7 Å². The van der Waals surface area contributed by atoms with Crippen LogP contribution in [0.25, 0.3) is 0 Å². The molecule has 0 aliphatic carbocycles. The van der Waals surface area contributed by atoms with Gasteiger partial charge in [0, 0.05) is 24.8 Å². The highest BCUT2D eigenvalue weighted by atomic mass is 19.1. The van der Waals surface area contributed by atoms with Gasteiger partial charge in [-0.3, -0.25) is 4.68 Å². The molecule has 162 valence electrons. The molecule has 0 aliphatic rings. The number of benzene rings is 1. The molecular weight excluding hydrogens is 367 g/mol. The van der Waals surface area contributed by atoms with Crippen molar-refractivity contribution < 1.29 is 13.9 Å². The Bertz CT molecular complexity index is 800. The summed E-state index contributed by atoms with van der Waals surface area (Å²) in [4.78, 5) is 0. The summed E-state index contributed by atoms with van der Waals surface area (Å²) in [5, 5.41) is 4.57. The minimum atomic E-state index is -0.269. The molecule has 0 fully saturated rings. The average molecular weight is 405 g/mol. The largest absolute Gasteiger partial charge is 0.490 e. The summed E-state index contributed by atoms with van der Waals surface area (Å²) in [6.07, 6.45) is 2.37. The lowest BCUT2D eigenvalue weighted by molar-refractivity contribution is 0.0399. The number of nitrogens with zero attached hydrogens (tertiary/aromatic N) is 2. The van der Waals surface area contributed by atoms with Crippen LogP contribution >= 0.6 is 0 Å². The standard InChI is InChI=1S/C24H37FN2O2/c1-16(2)18-13-19(25)15-20(14-18)28-17(3)12-21(23(4,5)6)29-22-10-11-27(26-22)24(7,8)9/h10-11,13-17,21H,12H2,1-9H3. The first kappa shape index (κ1) is 23.2. The lowest BCUT2D eigenvalue weighted by atomic mass is 9.86. The Labute approximate surface area is 175 Å². The zero-order chi connectivity index (χ0) is 22.0. The molecule has 0 spiro atoms. The minimum absolute atomic E-state index is 0.0965. The maximum Gasteiger partial charge on any atom is 0.233 e. The van der Waals surface area contributed by atoms with Crippen LogP contribution in [-0.2, 0) is 5.54 Å². The molecule has 1 aromatic heterocycles. The monoisotopic (exact) mass is 404 g/mol. The molecule has 1 aromatic carbocycles. The summed E-state index contributed by atoms with van der Waals surface area (Å²) < 4.78 is 28.2. The van der Waals surface area contributed by atoms with Gasteiger partial charge in [-0.15, -0.1) is 5.10 Å². The Morgan fingerprint density at radius 2 is 1.66 bits per heavy atom. The lowest BCUT2D eigenvalue weighted by Crippen LogP contribution is -2.36. The first-order valence-corrected chi connectivity index (χ1v) is 10.5. The predicted octanol–water partition coefficient (Wildman–Crippen LogP) is 6.55. The van der Waals surface area contributed by atoms with Crippen LogP contribution < -0.4 is 9.47 Å². The smallest absolute Gasteiger partial charge is 0.233 e. The van der Waals surface area contributed by atoms with E-state index in [1.165, 1.54) is 6.07 Å². The van der Waals surface area contributed by atoms with E-state index in [2.05, 4.69) is 46.6 Å². The number of aromatic nitrogens is 2. The van der Waals surface area contributed by atoms with E-state index in [-0.39, 0.29) is 34.9 Å². The van der Waals surface area contributed by atoms with Gasteiger partial charge in [-0.05, 0) is 56.7 Å². The van der Waals surface area contributed by atoms with Crippen molar-refractivity contribution in [2.45, 2.75) is 92.4 Å². The summed E-state index contributed by atoms with van der Waals surface area (Å²) in [7, 11) is 0. The SMILES string of the molecule is CC(CC(Oc1ccn(C(C)(C)C)n1)C(C)(C)C)Oc1cc(F)cc(C(C)C)c1.